The summed E-state index contributed by atoms with van der Waals surface area (Å²) in [6, 6.07) is 18.2. The summed E-state index contributed by atoms with van der Waals surface area (Å²) < 4.78 is 15.2. The van der Waals surface area contributed by atoms with Crippen LogP contribution in [0.3, 0.4) is 0 Å². The highest BCUT2D eigenvalue weighted by Crippen LogP contribution is 2.47. The normalized spacial score (nSPS) is 14.9. The lowest BCUT2D eigenvalue weighted by Gasteiger charge is -2.16. The maximum Gasteiger partial charge on any atom is 0.271 e. The van der Waals surface area contributed by atoms with Crippen LogP contribution in [0.2, 0.25) is 0 Å². The Bertz CT molecular complexity index is 900. The van der Waals surface area contributed by atoms with Gasteiger partial charge in [0.1, 0.15) is 11.5 Å². The average molecular weight is 335 g/mol. The van der Waals surface area contributed by atoms with Crippen LogP contribution in [0.4, 0.5) is 4.39 Å². The van der Waals surface area contributed by atoms with Crippen LogP contribution in [0.15, 0.2) is 66.9 Å². The van der Waals surface area contributed by atoms with Gasteiger partial charge in [-0.2, -0.15) is 5.10 Å². The van der Waals surface area contributed by atoms with E-state index in [1.54, 1.807) is 30.5 Å². The maximum atomic E-state index is 13.8. The van der Waals surface area contributed by atoms with Crippen molar-refractivity contribution in [3.05, 3.63) is 83.9 Å². The number of carbonyl (C=O) groups excluding carboxylic acids is 1. The molecule has 0 aliphatic heterocycles. The van der Waals surface area contributed by atoms with Crippen LogP contribution in [0.25, 0.3) is 5.69 Å². The van der Waals surface area contributed by atoms with Crippen LogP contribution in [-0.2, 0) is 5.41 Å². The number of carbonyl (C=O) groups is 1. The predicted octanol–water partition coefficient (Wildman–Crippen LogP) is 3.47. The number of hydrogen-bond acceptors (Lipinski definition) is 2. The molecule has 1 aliphatic rings. The monoisotopic (exact) mass is 335 g/mol. The second-order valence-corrected chi connectivity index (χ2v) is 6.43. The fraction of sp³-hybridized carbons (Fsp3) is 0.200. The Balaban J connectivity index is 1.45. The SMILES string of the molecule is O=C(NCC1(c2ccccc2)CC1)c1ccn(-c2ccccc2F)n1. The summed E-state index contributed by atoms with van der Waals surface area (Å²) >= 11 is 0. The van der Waals surface area contributed by atoms with Crippen LogP contribution in [-0.4, -0.2) is 22.2 Å². The highest BCUT2D eigenvalue weighted by molar-refractivity contribution is 5.92. The van der Waals surface area contributed by atoms with Gasteiger partial charge in [-0.25, -0.2) is 9.07 Å². The van der Waals surface area contributed by atoms with Gasteiger partial charge >= 0.3 is 0 Å². The quantitative estimate of drug-likeness (QED) is 0.776. The Kier molecular flexibility index (Phi) is 3.84. The molecule has 4 rings (SSSR count). The number of benzene rings is 2. The molecule has 126 valence electrons. The zero-order chi connectivity index (χ0) is 17.3. The van der Waals surface area contributed by atoms with E-state index in [1.165, 1.54) is 16.3 Å². The molecule has 1 heterocycles. The molecule has 1 N–H and O–H groups in total. The van der Waals surface area contributed by atoms with Gasteiger partial charge in [-0.05, 0) is 36.6 Å². The van der Waals surface area contributed by atoms with Crippen LogP contribution in [0.5, 0.6) is 0 Å². The zero-order valence-corrected chi connectivity index (χ0v) is 13.7. The lowest BCUT2D eigenvalue weighted by molar-refractivity contribution is 0.0944. The minimum absolute atomic E-state index is 0.0467. The van der Waals surface area contributed by atoms with Crippen LogP contribution in [0.1, 0.15) is 28.9 Å². The fourth-order valence-electron chi connectivity index (χ4n) is 3.07. The van der Waals surface area contributed by atoms with Crippen molar-refractivity contribution in [1.82, 2.24) is 15.1 Å². The molecule has 1 fully saturated rings. The van der Waals surface area contributed by atoms with Gasteiger partial charge in [0, 0.05) is 18.2 Å². The van der Waals surface area contributed by atoms with Gasteiger partial charge in [-0.15, -0.1) is 0 Å². The highest BCUT2D eigenvalue weighted by atomic mass is 19.1. The first-order valence-electron chi connectivity index (χ1n) is 8.32. The standard InChI is InChI=1S/C20H18FN3O/c21-16-8-4-5-9-18(16)24-13-10-17(23-24)19(25)22-14-20(11-12-20)15-6-2-1-3-7-15/h1-10,13H,11-12,14H2,(H,22,25). The number of aromatic nitrogens is 2. The van der Waals surface area contributed by atoms with Gasteiger partial charge in [0.15, 0.2) is 5.69 Å². The average Bonchev–Trinajstić information content (AvgIpc) is 3.29. The highest BCUT2D eigenvalue weighted by Gasteiger charge is 2.44. The van der Waals surface area contributed by atoms with Crippen molar-refractivity contribution in [2.45, 2.75) is 18.3 Å². The summed E-state index contributed by atoms with van der Waals surface area (Å²) in [5.74, 6) is -0.615. The number of hydrogen-bond donors (Lipinski definition) is 1. The molecule has 3 aromatic rings. The Hall–Kier alpha value is -2.95. The Morgan fingerprint density at radius 3 is 2.52 bits per heavy atom. The van der Waals surface area contributed by atoms with E-state index in [1.807, 2.05) is 18.2 Å². The van der Waals surface area contributed by atoms with E-state index >= 15 is 0 Å². The molecule has 0 unspecified atom stereocenters. The molecule has 0 atom stereocenters. The van der Waals surface area contributed by atoms with Crippen LogP contribution >= 0.6 is 0 Å². The predicted molar refractivity (Wildman–Crippen MR) is 93.2 cm³/mol. The number of halogens is 1. The third-order valence-electron chi connectivity index (χ3n) is 4.75. The summed E-state index contributed by atoms with van der Waals surface area (Å²) in [5, 5.41) is 7.17. The topological polar surface area (TPSA) is 46.9 Å². The lowest BCUT2D eigenvalue weighted by atomic mass is 9.96. The van der Waals surface area contributed by atoms with Crippen molar-refractivity contribution in [1.29, 1.82) is 0 Å². The Labute approximate surface area is 145 Å². The minimum atomic E-state index is -0.376. The molecule has 1 aromatic heterocycles. The van der Waals surface area contributed by atoms with Crippen molar-refractivity contribution < 1.29 is 9.18 Å². The molecule has 1 aliphatic carbocycles. The van der Waals surface area contributed by atoms with Gasteiger partial charge in [0.05, 0.1) is 0 Å². The number of para-hydroxylation sites is 1. The molecular formula is C20H18FN3O. The van der Waals surface area contributed by atoms with Crippen LogP contribution in [0, 0.1) is 5.82 Å². The Morgan fingerprint density at radius 2 is 1.80 bits per heavy atom. The number of nitrogens with zero attached hydrogens (tertiary/aromatic N) is 2. The molecule has 0 saturated heterocycles. The Morgan fingerprint density at radius 1 is 1.08 bits per heavy atom. The first-order chi connectivity index (χ1) is 12.2. The van der Waals surface area contributed by atoms with Gasteiger partial charge in [0.2, 0.25) is 0 Å². The molecule has 1 saturated carbocycles. The molecular weight excluding hydrogens is 317 g/mol. The first kappa shape index (κ1) is 15.6. The lowest BCUT2D eigenvalue weighted by Crippen LogP contribution is -2.32. The van der Waals surface area contributed by atoms with Crippen LogP contribution < -0.4 is 5.32 Å². The first-order valence-corrected chi connectivity index (χ1v) is 8.32. The van der Waals surface area contributed by atoms with Crippen molar-refractivity contribution in [2.75, 3.05) is 6.54 Å². The van der Waals surface area contributed by atoms with E-state index in [0.29, 0.717) is 12.2 Å². The molecule has 0 bridgehead atoms. The van der Waals surface area contributed by atoms with Gasteiger partial charge in [-0.1, -0.05) is 42.5 Å². The smallest absolute Gasteiger partial charge is 0.271 e. The van der Waals surface area contributed by atoms with E-state index in [9.17, 15) is 9.18 Å². The number of rotatable bonds is 5. The van der Waals surface area contributed by atoms with Gasteiger partial charge < -0.3 is 5.32 Å². The maximum absolute atomic E-state index is 13.8. The third kappa shape index (κ3) is 3.05. The van der Waals surface area contributed by atoms with E-state index in [4.69, 9.17) is 0 Å². The third-order valence-corrected chi connectivity index (χ3v) is 4.75. The molecule has 2 aromatic carbocycles. The summed E-state index contributed by atoms with van der Waals surface area (Å²) in [7, 11) is 0. The van der Waals surface area contributed by atoms with Crippen molar-refractivity contribution in [2.24, 2.45) is 0 Å². The van der Waals surface area contributed by atoms with Crippen molar-refractivity contribution >= 4 is 5.91 Å². The summed E-state index contributed by atoms with van der Waals surface area (Å²) in [4.78, 5) is 12.4. The van der Waals surface area contributed by atoms with Crippen molar-refractivity contribution in [3.8, 4) is 5.69 Å². The molecule has 25 heavy (non-hydrogen) atoms. The summed E-state index contributed by atoms with van der Waals surface area (Å²) in [5.41, 5.74) is 1.91. The molecule has 0 radical (unpaired) electrons. The molecule has 1 amide bonds. The van der Waals surface area contributed by atoms with E-state index in [-0.39, 0.29) is 22.8 Å². The zero-order valence-electron chi connectivity index (χ0n) is 13.7. The van der Waals surface area contributed by atoms with E-state index in [0.717, 1.165) is 12.8 Å². The fourth-order valence-corrected chi connectivity index (χ4v) is 3.07. The number of amides is 1. The van der Waals surface area contributed by atoms with Crippen molar-refractivity contribution in [3.63, 3.8) is 0 Å². The number of nitrogens with one attached hydrogen (secondary N) is 1. The minimum Gasteiger partial charge on any atom is -0.350 e. The second-order valence-electron chi connectivity index (χ2n) is 6.43. The van der Waals surface area contributed by atoms with Gasteiger partial charge in [-0.3, -0.25) is 4.79 Å². The second kappa shape index (κ2) is 6.16. The van der Waals surface area contributed by atoms with E-state index in [2.05, 4.69) is 22.5 Å². The molecule has 5 heteroatoms. The van der Waals surface area contributed by atoms with E-state index < -0.39 is 0 Å². The summed E-state index contributed by atoms with van der Waals surface area (Å²) in [6.07, 6.45) is 3.74. The molecule has 4 nitrogen and oxygen atoms in total. The van der Waals surface area contributed by atoms with Gasteiger partial charge in [0.25, 0.3) is 5.91 Å². The molecule has 0 spiro atoms. The summed E-state index contributed by atoms with van der Waals surface area (Å²) in [6.45, 7) is 0.586. The largest absolute Gasteiger partial charge is 0.350 e.